The lowest BCUT2D eigenvalue weighted by Gasteiger charge is -2.39. The molecule has 3 nitrogen and oxygen atoms in total. The number of hydrogen-bond donors (Lipinski definition) is 2. The van der Waals surface area contributed by atoms with E-state index in [1.165, 1.54) is 33.4 Å². The second-order valence-electron chi connectivity index (χ2n) is 16.8. The first-order valence-corrected chi connectivity index (χ1v) is 19.2. The van der Waals surface area contributed by atoms with Gasteiger partial charge >= 0.3 is 8.60 Å². The smallest absolute Gasteiger partial charge is 0.391 e. The van der Waals surface area contributed by atoms with Gasteiger partial charge in [-0.3, -0.25) is 0 Å². The van der Waals surface area contributed by atoms with Crippen LogP contribution in [0.2, 0.25) is 0 Å². The van der Waals surface area contributed by atoms with Crippen LogP contribution in [-0.4, -0.2) is 9.79 Å². The molecule has 0 saturated carbocycles. The highest BCUT2D eigenvalue weighted by atomic mass is 31.2. The second-order valence-corrected chi connectivity index (χ2v) is 17.5. The molecule has 3 aromatic rings. The van der Waals surface area contributed by atoms with Gasteiger partial charge in [-0.15, -0.1) is 0 Å². The minimum atomic E-state index is -2.64. The molecule has 47 heavy (non-hydrogen) atoms. The first-order chi connectivity index (χ1) is 21.7. The molecule has 2 N–H and O–H groups in total. The number of hydrogen-bond acceptors (Lipinski definition) is 3. The lowest BCUT2D eigenvalue weighted by atomic mass is 9.65. The monoisotopic (exact) mass is 660 g/mol. The Kier molecular flexibility index (Phi) is 12.0. The highest BCUT2D eigenvalue weighted by Gasteiger charge is 2.38. The van der Waals surface area contributed by atoms with E-state index in [-0.39, 0.29) is 27.1 Å². The van der Waals surface area contributed by atoms with Crippen LogP contribution in [0.5, 0.6) is 5.75 Å². The number of rotatable bonds is 14. The molecule has 260 valence electrons. The topological polar surface area (TPSA) is 49.7 Å². The van der Waals surface area contributed by atoms with Gasteiger partial charge in [0.1, 0.15) is 5.75 Å². The molecule has 4 heteroatoms. The molecule has 0 radical (unpaired) electrons. The Balaban J connectivity index is 2.84. The molecule has 0 bridgehead atoms. The zero-order valence-corrected chi connectivity index (χ0v) is 33.3. The van der Waals surface area contributed by atoms with Gasteiger partial charge in [0, 0.05) is 5.56 Å². The summed E-state index contributed by atoms with van der Waals surface area (Å²) in [5.74, 6) is 0.520. The minimum absolute atomic E-state index is 0.0303. The Morgan fingerprint density at radius 3 is 1.19 bits per heavy atom. The zero-order valence-electron chi connectivity index (χ0n) is 32.4. The Bertz CT molecular complexity index is 1540. The standard InChI is InChI=1S/C43H65O3P/c1-16-39(6,7)31-27-28-34(46-47(44)45)36(30-24-22-26-33(41(10,11)18-3)38(30)43(14,15)20-5)35(31)29-23-21-25-32(40(8,9)17-2)37(29)42(12,13)19-4/h21-28,44-45H,16-20H2,1-15H3. The SMILES string of the molecule is CCC(C)(C)c1ccc(OP(O)O)c(-c2cccc(C(C)(C)CC)c2C(C)(C)CC)c1-c1cccc(C(C)(C)CC)c1C(C)(C)CC. The summed E-state index contributed by atoms with van der Waals surface area (Å²) < 4.78 is 6.06. The van der Waals surface area contributed by atoms with E-state index in [1.807, 2.05) is 6.07 Å². The van der Waals surface area contributed by atoms with Gasteiger partial charge in [0.25, 0.3) is 0 Å². The predicted octanol–water partition coefficient (Wildman–Crippen LogP) is 13.0. The van der Waals surface area contributed by atoms with Gasteiger partial charge in [0.2, 0.25) is 0 Å². The van der Waals surface area contributed by atoms with Crippen LogP contribution in [0.1, 0.15) is 164 Å². The van der Waals surface area contributed by atoms with E-state index in [2.05, 4.69) is 146 Å². The van der Waals surface area contributed by atoms with Crippen molar-refractivity contribution in [2.24, 2.45) is 0 Å². The van der Waals surface area contributed by atoms with E-state index >= 15 is 0 Å². The Hall–Kier alpha value is -2.19. The lowest BCUT2D eigenvalue weighted by molar-refractivity contribution is 0.375. The van der Waals surface area contributed by atoms with Gasteiger partial charge in [0.15, 0.2) is 0 Å². The summed E-state index contributed by atoms with van der Waals surface area (Å²) in [6, 6.07) is 17.8. The molecule has 3 aromatic carbocycles. The van der Waals surface area contributed by atoms with Crippen molar-refractivity contribution in [3.8, 4) is 28.0 Å². The third kappa shape index (κ3) is 7.69. The normalized spacial score (nSPS) is 13.4. The van der Waals surface area contributed by atoms with Crippen molar-refractivity contribution >= 4 is 8.60 Å². The van der Waals surface area contributed by atoms with Crippen molar-refractivity contribution in [1.82, 2.24) is 0 Å². The fourth-order valence-electron chi connectivity index (χ4n) is 6.89. The molecule has 0 amide bonds. The maximum Gasteiger partial charge on any atom is 0.391 e. The molecule has 0 atom stereocenters. The predicted molar refractivity (Wildman–Crippen MR) is 206 cm³/mol. The van der Waals surface area contributed by atoms with Gasteiger partial charge in [-0.05, 0) is 110 Å². The van der Waals surface area contributed by atoms with Crippen molar-refractivity contribution in [3.05, 3.63) is 76.3 Å². The van der Waals surface area contributed by atoms with Gasteiger partial charge < -0.3 is 14.3 Å². The second kappa shape index (κ2) is 14.3. The first kappa shape index (κ1) is 39.3. The third-order valence-corrected chi connectivity index (χ3v) is 12.3. The summed E-state index contributed by atoms with van der Waals surface area (Å²) in [5, 5.41) is 0. The van der Waals surface area contributed by atoms with E-state index < -0.39 is 8.60 Å². The van der Waals surface area contributed by atoms with E-state index in [4.69, 9.17) is 4.52 Å². The summed E-state index contributed by atoms with van der Waals surface area (Å²) in [6.07, 6.45) is 4.93. The summed E-state index contributed by atoms with van der Waals surface area (Å²) >= 11 is 0. The molecule has 3 rings (SSSR count). The van der Waals surface area contributed by atoms with Crippen LogP contribution in [-0.2, 0) is 27.1 Å². The maximum atomic E-state index is 10.4. The van der Waals surface area contributed by atoms with Crippen LogP contribution in [0, 0.1) is 0 Å². The Labute approximate surface area is 289 Å². The van der Waals surface area contributed by atoms with Crippen LogP contribution in [0.4, 0.5) is 0 Å². The molecule has 0 aliphatic carbocycles. The maximum absolute atomic E-state index is 10.4. The van der Waals surface area contributed by atoms with E-state index in [0.29, 0.717) is 5.75 Å². The molecule has 0 spiro atoms. The highest BCUT2D eigenvalue weighted by Crippen LogP contribution is 2.55. The average molecular weight is 661 g/mol. The zero-order chi connectivity index (χ0) is 35.8. The first-order valence-electron chi connectivity index (χ1n) is 18.0. The average Bonchev–Trinajstić information content (AvgIpc) is 3.03. The van der Waals surface area contributed by atoms with Gasteiger partial charge in [-0.1, -0.05) is 146 Å². The van der Waals surface area contributed by atoms with Crippen molar-refractivity contribution in [2.75, 3.05) is 0 Å². The van der Waals surface area contributed by atoms with E-state index in [0.717, 1.165) is 48.8 Å². The summed E-state index contributed by atoms with van der Waals surface area (Å²) in [4.78, 5) is 20.8. The molecule has 0 fully saturated rings. The quantitative estimate of drug-likeness (QED) is 0.169. The lowest BCUT2D eigenvalue weighted by Crippen LogP contribution is -2.28. The van der Waals surface area contributed by atoms with Gasteiger partial charge in [0.05, 0.1) is 0 Å². The fraction of sp³-hybridized carbons (Fsp3) is 0.581. The minimum Gasteiger partial charge on any atom is -0.426 e. The van der Waals surface area contributed by atoms with Crippen molar-refractivity contribution in [3.63, 3.8) is 0 Å². The molecule has 0 heterocycles. The number of benzene rings is 3. The van der Waals surface area contributed by atoms with Crippen LogP contribution >= 0.6 is 8.60 Å². The van der Waals surface area contributed by atoms with Gasteiger partial charge in [-0.2, -0.15) is 0 Å². The van der Waals surface area contributed by atoms with Gasteiger partial charge in [-0.25, -0.2) is 0 Å². The van der Waals surface area contributed by atoms with E-state index in [1.54, 1.807) is 0 Å². The molecule has 0 saturated heterocycles. The molecular formula is C43H65O3P. The van der Waals surface area contributed by atoms with Crippen LogP contribution < -0.4 is 4.52 Å². The molecular weight excluding hydrogens is 595 g/mol. The Morgan fingerprint density at radius 1 is 0.468 bits per heavy atom. The summed E-state index contributed by atoms with van der Waals surface area (Å²) in [6.45, 7) is 34.9. The largest absolute Gasteiger partial charge is 0.426 e. The Morgan fingerprint density at radius 2 is 0.830 bits per heavy atom. The van der Waals surface area contributed by atoms with Crippen LogP contribution in [0.3, 0.4) is 0 Å². The van der Waals surface area contributed by atoms with Crippen LogP contribution in [0.25, 0.3) is 22.3 Å². The van der Waals surface area contributed by atoms with Crippen LogP contribution in [0.15, 0.2) is 48.5 Å². The molecule has 0 aliphatic rings. The fourth-order valence-corrected chi connectivity index (χ4v) is 7.22. The van der Waals surface area contributed by atoms with Crippen molar-refractivity contribution in [1.29, 1.82) is 0 Å². The van der Waals surface area contributed by atoms with Crippen molar-refractivity contribution < 1.29 is 14.3 Å². The molecule has 0 unspecified atom stereocenters. The highest BCUT2D eigenvalue weighted by molar-refractivity contribution is 7.39. The van der Waals surface area contributed by atoms with Crippen molar-refractivity contribution in [2.45, 2.75) is 163 Å². The van der Waals surface area contributed by atoms with E-state index in [9.17, 15) is 9.79 Å². The molecule has 0 aromatic heterocycles. The summed E-state index contributed by atoms with van der Waals surface area (Å²) in [5.41, 5.74) is 10.6. The molecule has 0 aliphatic heterocycles. The third-order valence-electron chi connectivity index (χ3n) is 12.0. The summed E-state index contributed by atoms with van der Waals surface area (Å²) in [7, 11) is -2.64.